The lowest BCUT2D eigenvalue weighted by atomic mass is 10.0. The summed E-state index contributed by atoms with van der Waals surface area (Å²) in [5.41, 5.74) is -2.07. The number of amides is 2. The first-order chi connectivity index (χ1) is 14.5. The second-order valence-electron chi connectivity index (χ2n) is 7.27. The molecule has 1 fully saturated rings. The van der Waals surface area contributed by atoms with Crippen LogP contribution < -0.4 is 5.32 Å². The molecular weight excluding hydrogens is 424 g/mol. The van der Waals surface area contributed by atoms with Crippen LogP contribution >= 0.6 is 0 Å². The lowest BCUT2D eigenvalue weighted by Gasteiger charge is -2.34. The summed E-state index contributed by atoms with van der Waals surface area (Å²) >= 11 is 0. The molecule has 2 aromatic carbocycles. The number of nitrogens with one attached hydrogen (secondary N) is 1. The summed E-state index contributed by atoms with van der Waals surface area (Å²) in [4.78, 5) is 16.0. The summed E-state index contributed by atoms with van der Waals surface area (Å²) in [5, 5.41) is 2.39. The number of carbonyl (C=O) groups excluding carboxylic acids is 1. The van der Waals surface area contributed by atoms with Crippen LogP contribution in [0.25, 0.3) is 0 Å². The first-order valence-electron chi connectivity index (χ1n) is 9.60. The van der Waals surface area contributed by atoms with Crippen LogP contribution in [0.5, 0.6) is 0 Å². The van der Waals surface area contributed by atoms with E-state index in [9.17, 15) is 31.1 Å². The molecule has 1 heterocycles. The number of halogens is 6. The van der Waals surface area contributed by atoms with Crippen molar-refractivity contribution in [2.24, 2.45) is 0 Å². The molecule has 1 aliphatic heterocycles. The molecule has 0 spiro atoms. The third kappa shape index (κ3) is 6.13. The van der Waals surface area contributed by atoms with Gasteiger partial charge in [0.15, 0.2) is 0 Å². The van der Waals surface area contributed by atoms with Gasteiger partial charge in [0.25, 0.3) is 0 Å². The van der Waals surface area contributed by atoms with Crippen LogP contribution in [0.15, 0.2) is 48.5 Å². The molecule has 1 N–H and O–H groups in total. The molecule has 3 rings (SSSR count). The van der Waals surface area contributed by atoms with E-state index < -0.39 is 41.6 Å². The molecule has 0 aromatic heterocycles. The second kappa shape index (κ2) is 9.17. The number of alkyl halides is 6. The molecule has 2 aromatic rings. The molecule has 2 amide bonds. The molecule has 0 bridgehead atoms. The summed E-state index contributed by atoms with van der Waals surface area (Å²) in [5.74, 6) is 0. The van der Waals surface area contributed by atoms with Gasteiger partial charge in [0.1, 0.15) is 0 Å². The van der Waals surface area contributed by atoms with Crippen LogP contribution in [0.1, 0.15) is 22.3 Å². The molecule has 1 saturated heterocycles. The Hall–Kier alpha value is -2.75. The van der Waals surface area contributed by atoms with E-state index >= 15 is 0 Å². The molecule has 168 valence electrons. The van der Waals surface area contributed by atoms with Gasteiger partial charge >= 0.3 is 18.4 Å². The Morgan fingerprint density at radius 2 is 1.52 bits per heavy atom. The smallest absolute Gasteiger partial charge is 0.334 e. The molecule has 10 heteroatoms. The van der Waals surface area contributed by atoms with E-state index in [1.807, 2.05) is 30.3 Å². The van der Waals surface area contributed by atoms with Gasteiger partial charge in [0.2, 0.25) is 0 Å². The van der Waals surface area contributed by atoms with Crippen LogP contribution in [0.4, 0.5) is 31.1 Å². The zero-order valence-corrected chi connectivity index (χ0v) is 16.4. The normalized spacial score (nSPS) is 15.7. The Labute approximate surface area is 175 Å². The van der Waals surface area contributed by atoms with Gasteiger partial charge in [-0.25, -0.2) is 4.79 Å². The Kier molecular flexibility index (Phi) is 6.78. The molecule has 31 heavy (non-hydrogen) atoms. The Balaban J connectivity index is 1.57. The Bertz CT molecular complexity index is 890. The summed E-state index contributed by atoms with van der Waals surface area (Å²) in [6, 6.07) is 10.7. The van der Waals surface area contributed by atoms with Crippen LogP contribution in [-0.2, 0) is 25.4 Å². The third-order valence-electron chi connectivity index (χ3n) is 5.08. The van der Waals surface area contributed by atoms with Crippen molar-refractivity contribution >= 4 is 6.03 Å². The first-order valence-corrected chi connectivity index (χ1v) is 9.60. The summed E-state index contributed by atoms with van der Waals surface area (Å²) in [6.45, 7) is 2.23. The standard InChI is InChI=1S/C21H21F6N3O/c22-20(23,24)17-7-6-16(18(12-17)21(25,26)27)13-28-19(31)30-10-8-29(9-11-30)14-15-4-2-1-3-5-15/h1-7,12H,8-11,13-14H2,(H,28,31). The first kappa shape index (κ1) is 22.9. The van der Waals surface area contributed by atoms with Crippen molar-refractivity contribution in [3.8, 4) is 0 Å². The van der Waals surface area contributed by atoms with Crippen molar-refractivity contribution in [3.63, 3.8) is 0 Å². The zero-order valence-electron chi connectivity index (χ0n) is 16.4. The molecule has 1 aliphatic rings. The van der Waals surface area contributed by atoms with Crippen molar-refractivity contribution in [2.45, 2.75) is 25.4 Å². The number of hydrogen-bond donors (Lipinski definition) is 1. The third-order valence-corrected chi connectivity index (χ3v) is 5.08. The quantitative estimate of drug-likeness (QED) is 0.690. The van der Waals surface area contributed by atoms with Crippen molar-refractivity contribution in [1.82, 2.24) is 15.1 Å². The van der Waals surface area contributed by atoms with Gasteiger partial charge in [-0.05, 0) is 23.3 Å². The highest BCUT2D eigenvalue weighted by Gasteiger charge is 2.38. The average molecular weight is 445 g/mol. The number of nitrogens with zero attached hydrogens (tertiary/aromatic N) is 2. The Morgan fingerprint density at radius 3 is 2.10 bits per heavy atom. The van der Waals surface area contributed by atoms with E-state index in [0.29, 0.717) is 32.2 Å². The number of carbonyl (C=O) groups is 1. The van der Waals surface area contributed by atoms with Crippen molar-refractivity contribution < 1.29 is 31.1 Å². The predicted octanol–water partition coefficient (Wildman–Crippen LogP) is 4.75. The maximum absolute atomic E-state index is 13.2. The number of urea groups is 1. The van der Waals surface area contributed by atoms with E-state index in [1.165, 1.54) is 4.90 Å². The minimum absolute atomic E-state index is 0.0733. The minimum atomic E-state index is -4.97. The zero-order chi connectivity index (χ0) is 22.6. The molecule has 0 saturated carbocycles. The SMILES string of the molecule is O=C(NCc1ccc(C(F)(F)F)cc1C(F)(F)F)N1CCN(Cc2ccccc2)CC1. The van der Waals surface area contributed by atoms with Crippen LogP contribution in [0, 0.1) is 0 Å². The van der Waals surface area contributed by atoms with Crippen molar-refractivity contribution in [1.29, 1.82) is 0 Å². The van der Waals surface area contributed by atoms with E-state index in [-0.39, 0.29) is 6.07 Å². The fraction of sp³-hybridized carbons (Fsp3) is 0.381. The second-order valence-corrected chi connectivity index (χ2v) is 7.27. The lowest BCUT2D eigenvalue weighted by Crippen LogP contribution is -2.51. The monoisotopic (exact) mass is 445 g/mol. The van der Waals surface area contributed by atoms with Gasteiger partial charge in [-0.2, -0.15) is 26.3 Å². The molecular formula is C21H21F6N3O. The number of hydrogen-bond acceptors (Lipinski definition) is 2. The Morgan fingerprint density at radius 1 is 0.871 bits per heavy atom. The maximum Gasteiger partial charge on any atom is 0.416 e. The maximum atomic E-state index is 13.2. The molecule has 0 atom stereocenters. The van der Waals surface area contributed by atoms with Crippen molar-refractivity contribution in [2.75, 3.05) is 26.2 Å². The fourth-order valence-corrected chi connectivity index (χ4v) is 3.40. The van der Waals surface area contributed by atoms with Gasteiger partial charge in [0.05, 0.1) is 11.1 Å². The molecule has 0 aliphatic carbocycles. The van der Waals surface area contributed by atoms with Gasteiger partial charge in [-0.15, -0.1) is 0 Å². The van der Waals surface area contributed by atoms with Crippen LogP contribution in [0.3, 0.4) is 0 Å². The average Bonchev–Trinajstić information content (AvgIpc) is 2.72. The highest BCUT2D eigenvalue weighted by atomic mass is 19.4. The summed E-state index contributed by atoms with van der Waals surface area (Å²) in [6.07, 6.45) is -9.86. The molecule has 4 nitrogen and oxygen atoms in total. The largest absolute Gasteiger partial charge is 0.416 e. The fourth-order valence-electron chi connectivity index (χ4n) is 3.40. The highest BCUT2D eigenvalue weighted by molar-refractivity contribution is 5.74. The predicted molar refractivity (Wildman–Crippen MR) is 102 cm³/mol. The number of piperazine rings is 1. The summed E-state index contributed by atoms with van der Waals surface area (Å²) in [7, 11) is 0. The highest BCUT2D eigenvalue weighted by Crippen LogP contribution is 2.37. The topological polar surface area (TPSA) is 35.6 Å². The van der Waals surface area contributed by atoms with Gasteiger partial charge in [0, 0.05) is 39.3 Å². The molecule has 0 radical (unpaired) electrons. The van der Waals surface area contributed by atoms with Gasteiger partial charge in [-0.1, -0.05) is 36.4 Å². The van der Waals surface area contributed by atoms with Crippen LogP contribution in [-0.4, -0.2) is 42.0 Å². The van der Waals surface area contributed by atoms with Gasteiger partial charge in [-0.3, -0.25) is 4.90 Å². The van der Waals surface area contributed by atoms with Crippen LogP contribution in [0.2, 0.25) is 0 Å². The van der Waals surface area contributed by atoms with E-state index in [4.69, 9.17) is 0 Å². The molecule has 0 unspecified atom stereocenters. The lowest BCUT2D eigenvalue weighted by molar-refractivity contribution is -0.143. The number of benzene rings is 2. The van der Waals surface area contributed by atoms with Gasteiger partial charge < -0.3 is 10.2 Å². The number of rotatable bonds is 4. The summed E-state index contributed by atoms with van der Waals surface area (Å²) < 4.78 is 78.0. The van der Waals surface area contributed by atoms with E-state index in [1.54, 1.807) is 0 Å². The van der Waals surface area contributed by atoms with E-state index in [0.717, 1.165) is 18.2 Å². The van der Waals surface area contributed by atoms with Crippen molar-refractivity contribution in [3.05, 3.63) is 70.8 Å². The minimum Gasteiger partial charge on any atom is -0.334 e. The van der Waals surface area contributed by atoms with E-state index in [2.05, 4.69) is 10.2 Å².